The molecule has 17 heavy (non-hydrogen) atoms. The van der Waals surface area contributed by atoms with Gasteiger partial charge in [-0.2, -0.15) is 0 Å². The molecule has 2 amide bonds. The second-order valence-electron chi connectivity index (χ2n) is 3.47. The summed E-state index contributed by atoms with van der Waals surface area (Å²) >= 11 is 0. The molecule has 0 aromatic heterocycles. The minimum Gasteiger partial charge on any atom is -0.450 e. The van der Waals surface area contributed by atoms with E-state index in [4.69, 9.17) is 4.74 Å². The summed E-state index contributed by atoms with van der Waals surface area (Å²) in [5.74, 6) is -0.258. The Hall–Kier alpha value is -2.04. The Morgan fingerprint density at radius 1 is 1.29 bits per heavy atom. The van der Waals surface area contributed by atoms with Gasteiger partial charge in [-0.3, -0.25) is 4.79 Å². The summed E-state index contributed by atoms with van der Waals surface area (Å²) in [7, 11) is 1.52. The molecule has 0 aliphatic carbocycles. The van der Waals surface area contributed by atoms with Crippen LogP contribution in [-0.2, 0) is 9.53 Å². The minimum absolute atomic E-state index is 0.0340. The van der Waals surface area contributed by atoms with E-state index in [1.165, 1.54) is 11.9 Å². The summed E-state index contributed by atoms with van der Waals surface area (Å²) in [6.45, 7) is 1.98. The first-order valence-electron chi connectivity index (χ1n) is 5.36. The lowest BCUT2D eigenvalue weighted by Crippen LogP contribution is -2.35. The third-order valence-corrected chi connectivity index (χ3v) is 2.02. The summed E-state index contributed by atoms with van der Waals surface area (Å²) in [5.41, 5.74) is 0.703. The van der Waals surface area contributed by atoms with Crippen molar-refractivity contribution in [3.63, 3.8) is 0 Å². The van der Waals surface area contributed by atoms with Crippen molar-refractivity contribution < 1.29 is 14.3 Å². The van der Waals surface area contributed by atoms with E-state index in [9.17, 15) is 9.59 Å². The molecule has 1 rings (SSSR count). The van der Waals surface area contributed by atoms with Gasteiger partial charge in [-0.25, -0.2) is 4.79 Å². The van der Waals surface area contributed by atoms with Crippen LogP contribution in [0, 0.1) is 0 Å². The second kappa shape index (κ2) is 6.52. The standard InChI is InChI=1S/C12H16N2O3/c1-3-17-12(16)14(2)9-11(15)13-10-7-5-4-6-8-10/h4-8H,3,9H2,1-2H3,(H,13,15). The van der Waals surface area contributed by atoms with E-state index >= 15 is 0 Å². The van der Waals surface area contributed by atoms with Crippen LogP contribution in [0.25, 0.3) is 0 Å². The SMILES string of the molecule is CCOC(=O)N(C)CC(=O)Nc1ccccc1. The smallest absolute Gasteiger partial charge is 0.409 e. The summed E-state index contributed by atoms with van der Waals surface area (Å²) in [6.07, 6.45) is -0.504. The summed E-state index contributed by atoms with van der Waals surface area (Å²) in [5, 5.41) is 2.68. The Kier molecular flexibility index (Phi) is 5.00. The molecule has 0 heterocycles. The topological polar surface area (TPSA) is 58.6 Å². The van der Waals surface area contributed by atoms with Crippen LogP contribution >= 0.6 is 0 Å². The number of para-hydroxylation sites is 1. The molecule has 0 atom stereocenters. The van der Waals surface area contributed by atoms with Gasteiger partial charge in [0.2, 0.25) is 5.91 Å². The number of hydrogen-bond acceptors (Lipinski definition) is 3. The van der Waals surface area contributed by atoms with Crippen molar-refractivity contribution in [2.45, 2.75) is 6.92 Å². The summed E-state index contributed by atoms with van der Waals surface area (Å²) in [4.78, 5) is 24.0. The van der Waals surface area contributed by atoms with E-state index in [1.807, 2.05) is 18.2 Å². The van der Waals surface area contributed by atoms with Gasteiger partial charge in [0.1, 0.15) is 6.54 Å². The molecule has 1 aromatic rings. The fraction of sp³-hybridized carbons (Fsp3) is 0.333. The Morgan fingerprint density at radius 2 is 1.94 bits per heavy atom. The number of nitrogens with one attached hydrogen (secondary N) is 1. The molecule has 0 saturated carbocycles. The van der Waals surface area contributed by atoms with Gasteiger partial charge < -0.3 is 15.0 Å². The first-order valence-corrected chi connectivity index (χ1v) is 5.36. The molecule has 5 heteroatoms. The Bertz CT molecular complexity index is 379. The van der Waals surface area contributed by atoms with Crippen molar-refractivity contribution in [3.8, 4) is 0 Å². The number of benzene rings is 1. The van der Waals surface area contributed by atoms with E-state index in [-0.39, 0.29) is 12.5 Å². The van der Waals surface area contributed by atoms with Crippen LogP contribution in [0.2, 0.25) is 0 Å². The van der Waals surface area contributed by atoms with Crippen LogP contribution < -0.4 is 5.32 Å². The Balaban J connectivity index is 2.42. The normalized spacial score (nSPS) is 9.53. The molecule has 0 spiro atoms. The van der Waals surface area contributed by atoms with Crippen molar-refractivity contribution >= 4 is 17.7 Å². The summed E-state index contributed by atoms with van der Waals surface area (Å²) < 4.78 is 4.76. The molecule has 0 aliphatic rings. The highest BCUT2D eigenvalue weighted by Gasteiger charge is 2.13. The molecule has 1 aromatic carbocycles. The zero-order chi connectivity index (χ0) is 12.7. The van der Waals surface area contributed by atoms with E-state index in [2.05, 4.69) is 5.32 Å². The lowest BCUT2D eigenvalue weighted by Gasteiger charge is -2.15. The van der Waals surface area contributed by atoms with Crippen LogP contribution in [0.4, 0.5) is 10.5 Å². The predicted octanol–water partition coefficient (Wildman–Crippen LogP) is 1.71. The van der Waals surface area contributed by atoms with E-state index in [0.717, 1.165) is 0 Å². The molecule has 0 saturated heterocycles. The molecule has 5 nitrogen and oxygen atoms in total. The van der Waals surface area contributed by atoms with Crippen LogP contribution in [0.5, 0.6) is 0 Å². The molecule has 0 unspecified atom stereocenters. The van der Waals surface area contributed by atoms with Gasteiger partial charge in [-0.15, -0.1) is 0 Å². The maximum absolute atomic E-state index is 11.6. The Labute approximate surface area is 100 Å². The highest BCUT2D eigenvalue weighted by molar-refractivity contribution is 5.93. The van der Waals surface area contributed by atoms with Gasteiger partial charge in [0, 0.05) is 12.7 Å². The number of carbonyl (C=O) groups excluding carboxylic acids is 2. The van der Waals surface area contributed by atoms with Crippen molar-refractivity contribution in [2.24, 2.45) is 0 Å². The monoisotopic (exact) mass is 236 g/mol. The molecule has 92 valence electrons. The number of amides is 2. The molecule has 0 radical (unpaired) electrons. The average Bonchev–Trinajstić information content (AvgIpc) is 2.30. The zero-order valence-electron chi connectivity index (χ0n) is 9.97. The number of rotatable bonds is 4. The first-order chi connectivity index (χ1) is 8.13. The first kappa shape index (κ1) is 13.0. The van der Waals surface area contributed by atoms with Gasteiger partial charge in [-0.05, 0) is 19.1 Å². The number of ether oxygens (including phenoxy) is 1. The van der Waals surface area contributed by atoms with E-state index in [1.54, 1.807) is 19.1 Å². The fourth-order valence-electron chi connectivity index (χ4n) is 1.24. The molecule has 1 N–H and O–H groups in total. The molecular formula is C12H16N2O3. The lowest BCUT2D eigenvalue weighted by molar-refractivity contribution is -0.116. The lowest BCUT2D eigenvalue weighted by atomic mass is 10.3. The fourth-order valence-corrected chi connectivity index (χ4v) is 1.24. The third-order valence-electron chi connectivity index (χ3n) is 2.02. The van der Waals surface area contributed by atoms with E-state index in [0.29, 0.717) is 12.3 Å². The minimum atomic E-state index is -0.504. The zero-order valence-corrected chi connectivity index (χ0v) is 9.97. The van der Waals surface area contributed by atoms with Crippen molar-refractivity contribution in [2.75, 3.05) is 25.5 Å². The van der Waals surface area contributed by atoms with Crippen LogP contribution in [0.3, 0.4) is 0 Å². The van der Waals surface area contributed by atoms with Crippen molar-refractivity contribution in [3.05, 3.63) is 30.3 Å². The number of anilines is 1. The molecule has 0 bridgehead atoms. The Morgan fingerprint density at radius 3 is 2.53 bits per heavy atom. The number of nitrogens with zero attached hydrogens (tertiary/aromatic N) is 1. The van der Waals surface area contributed by atoms with Gasteiger partial charge in [0.05, 0.1) is 6.61 Å². The summed E-state index contributed by atoms with van der Waals surface area (Å²) in [6, 6.07) is 9.07. The second-order valence-corrected chi connectivity index (χ2v) is 3.47. The predicted molar refractivity (Wildman–Crippen MR) is 64.7 cm³/mol. The largest absolute Gasteiger partial charge is 0.450 e. The molecule has 0 aliphatic heterocycles. The van der Waals surface area contributed by atoms with Gasteiger partial charge in [0.15, 0.2) is 0 Å². The van der Waals surface area contributed by atoms with Gasteiger partial charge in [0.25, 0.3) is 0 Å². The highest BCUT2D eigenvalue weighted by atomic mass is 16.6. The van der Waals surface area contributed by atoms with Gasteiger partial charge in [-0.1, -0.05) is 18.2 Å². The number of carbonyl (C=O) groups is 2. The van der Waals surface area contributed by atoms with Gasteiger partial charge >= 0.3 is 6.09 Å². The maximum Gasteiger partial charge on any atom is 0.409 e. The van der Waals surface area contributed by atoms with Crippen LogP contribution in [0.15, 0.2) is 30.3 Å². The van der Waals surface area contributed by atoms with Crippen LogP contribution in [0.1, 0.15) is 6.92 Å². The number of hydrogen-bond donors (Lipinski definition) is 1. The maximum atomic E-state index is 11.6. The van der Waals surface area contributed by atoms with Crippen LogP contribution in [-0.4, -0.2) is 37.1 Å². The highest BCUT2D eigenvalue weighted by Crippen LogP contribution is 2.04. The third kappa shape index (κ3) is 4.55. The average molecular weight is 236 g/mol. The van der Waals surface area contributed by atoms with Crippen molar-refractivity contribution in [1.29, 1.82) is 0 Å². The molecule has 0 fully saturated rings. The quantitative estimate of drug-likeness (QED) is 0.865. The number of likely N-dealkylation sites (N-methyl/N-ethyl adjacent to an activating group) is 1. The van der Waals surface area contributed by atoms with Crippen molar-refractivity contribution in [1.82, 2.24) is 4.90 Å². The van der Waals surface area contributed by atoms with E-state index < -0.39 is 6.09 Å². The molecular weight excluding hydrogens is 220 g/mol.